The Morgan fingerprint density at radius 3 is 2.33 bits per heavy atom. The number of amides is 1. The second-order valence-corrected chi connectivity index (χ2v) is 7.85. The first kappa shape index (κ1) is 18.4. The molecule has 1 aliphatic rings. The van der Waals surface area contributed by atoms with Crippen molar-refractivity contribution < 1.29 is 13.2 Å². The summed E-state index contributed by atoms with van der Waals surface area (Å²) in [6.45, 7) is 4.35. The van der Waals surface area contributed by atoms with E-state index in [0.29, 0.717) is 19.5 Å². The zero-order chi connectivity index (χ0) is 15.7. The Morgan fingerprint density at radius 1 is 1.19 bits per heavy atom. The molecule has 1 fully saturated rings. The lowest BCUT2D eigenvalue weighted by Crippen LogP contribution is -2.43. The van der Waals surface area contributed by atoms with E-state index in [0.717, 1.165) is 32.1 Å². The molecule has 0 atom stereocenters. The number of sulfonamides is 1. The van der Waals surface area contributed by atoms with Crippen molar-refractivity contribution in [2.45, 2.75) is 71.3 Å². The Balaban J connectivity index is 2.46. The van der Waals surface area contributed by atoms with Gasteiger partial charge in [0, 0.05) is 26.1 Å². The average molecular weight is 318 g/mol. The van der Waals surface area contributed by atoms with Crippen molar-refractivity contribution in [3.63, 3.8) is 0 Å². The minimum absolute atomic E-state index is 0.0506. The van der Waals surface area contributed by atoms with Gasteiger partial charge in [0.1, 0.15) is 0 Å². The van der Waals surface area contributed by atoms with E-state index in [1.165, 1.54) is 12.8 Å². The lowest BCUT2D eigenvalue weighted by molar-refractivity contribution is -0.131. The topological polar surface area (TPSA) is 66.5 Å². The van der Waals surface area contributed by atoms with Gasteiger partial charge in [0.05, 0.1) is 5.75 Å². The number of unbranched alkanes of at least 4 members (excludes halogenated alkanes) is 1. The maximum absolute atomic E-state index is 11.8. The fourth-order valence-corrected chi connectivity index (χ4v) is 4.11. The average Bonchev–Trinajstić information content (AvgIpc) is 2.70. The highest BCUT2D eigenvalue weighted by Gasteiger charge is 2.22. The van der Waals surface area contributed by atoms with Gasteiger partial charge in [-0.1, -0.05) is 39.0 Å². The fourth-order valence-electron chi connectivity index (χ4n) is 2.89. The highest BCUT2D eigenvalue weighted by molar-refractivity contribution is 7.89. The van der Waals surface area contributed by atoms with Crippen molar-refractivity contribution in [2.24, 2.45) is 0 Å². The quantitative estimate of drug-likeness (QED) is 0.698. The molecule has 0 aromatic carbocycles. The third-order valence-electron chi connectivity index (χ3n) is 4.11. The highest BCUT2D eigenvalue weighted by atomic mass is 32.2. The van der Waals surface area contributed by atoms with Crippen LogP contribution in [0.15, 0.2) is 0 Å². The fraction of sp³-hybridized carbons (Fsp3) is 0.933. The zero-order valence-electron chi connectivity index (χ0n) is 13.4. The van der Waals surface area contributed by atoms with E-state index in [2.05, 4.69) is 4.72 Å². The van der Waals surface area contributed by atoms with Gasteiger partial charge in [-0.25, -0.2) is 13.1 Å². The Bertz CT molecular complexity index is 401. The van der Waals surface area contributed by atoms with Gasteiger partial charge in [-0.15, -0.1) is 0 Å². The van der Waals surface area contributed by atoms with Crippen molar-refractivity contribution >= 4 is 15.9 Å². The molecule has 0 aromatic rings. The molecule has 1 aliphatic carbocycles. The van der Waals surface area contributed by atoms with Gasteiger partial charge in [-0.3, -0.25) is 4.79 Å². The summed E-state index contributed by atoms with van der Waals surface area (Å²) in [7, 11) is -3.19. The third-order valence-corrected chi connectivity index (χ3v) is 5.58. The molecule has 0 aromatic heterocycles. The van der Waals surface area contributed by atoms with Crippen LogP contribution in [0.5, 0.6) is 0 Å². The van der Waals surface area contributed by atoms with Crippen molar-refractivity contribution in [1.29, 1.82) is 0 Å². The smallest absolute Gasteiger partial charge is 0.219 e. The summed E-state index contributed by atoms with van der Waals surface area (Å²) in [5.74, 6) is 0.224. The summed E-state index contributed by atoms with van der Waals surface area (Å²) in [6.07, 6.45) is 8.44. The van der Waals surface area contributed by atoms with Crippen LogP contribution in [-0.2, 0) is 14.8 Å². The van der Waals surface area contributed by atoms with Gasteiger partial charge in [-0.05, 0) is 19.3 Å². The normalized spacial score (nSPS) is 17.4. The molecule has 6 heteroatoms. The SMILES string of the molecule is CCCCS(=O)(=O)NCCN(C(C)=O)C1CCCCCC1. The van der Waals surface area contributed by atoms with Crippen LogP contribution in [0.3, 0.4) is 0 Å². The lowest BCUT2D eigenvalue weighted by atomic mass is 10.1. The van der Waals surface area contributed by atoms with E-state index in [1.54, 1.807) is 6.92 Å². The summed E-state index contributed by atoms with van der Waals surface area (Å²) in [4.78, 5) is 13.7. The molecule has 1 saturated carbocycles. The second kappa shape index (κ2) is 9.41. The number of nitrogens with zero attached hydrogens (tertiary/aromatic N) is 1. The Hall–Kier alpha value is -0.620. The maximum atomic E-state index is 11.8. The van der Waals surface area contributed by atoms with Crippen molar-refractivity contribution in [2.75, 3.05) is 18.8 Å². The van der Waals surface area contributed by atoms with Crippen LogP contribution in [0, 0.1) is 0 Å². The predicted octanol–water partition coefficient (Wildman–Crippen LogP) is 2.28. The molecule has 1 amide bonds. The summed E-state index contributed by atoms with van der Waals surface area (Å²) < 4.78 is 26.1. The largest absolute Gasteiger partial charge is 0.339 e. The van der Waals surface area contributed by atoms with Crippen LogP contribution in [-0.4, -0.2) is 44.1 Å². The first-order valence-electron chi connectivity index (χ1n) is 8.21. The molecule has 1 rings (SSSR count). The first-order chi connectivity index (χ1) is 9.96. The van der Waals surface area contributed by atoms with Crippen molar-refractivity contribution in [3.05, 3.63) is 0 Å². The molecule has 21 heavy (non-hydrogen) atoms. The van der Waals surface area contributed by atoms with E-state index in [9.17, 15) is 13.2 Å². The lowest BCUT2D eigenvalue weighted by Gasteiger charge is -2.30. The summed E-state index contributed by atoms with van der Waals surface area (Å²) in [5.41, 5.74) is 0. The Labute approximate surface area is 129 Å². The van der Waals surface area contributed by atoms with Crippen LogP contribution in [0.2, 0.25) is 0 Å². The Kier molecular flexibility index (Phi) is 8.26. The molecule has 0 spiro atoms. The molecule has 0 heterocycles. The number of nitrogens with one attached hydrogen (secondary N) is 1. The van der Waals surface area contributed by atoms with Gasteiger partial charge in [-0.2, -0.15) is 0 Å². The standard InChI is InChI=1S/C15H30N2O3S/c1-3-4-13-21(19,20)16-11-12-17(14(2)18)15-9-7-5-6-8-10-15/h15-16H,3-13H2,1-2H3. The molecular formula is C15H30N2O3S. The van der Waals surface area contributed by atoms with Crippen LogP contribution < -0.4 is 4.72 Å². The minimum atomic E-state index is -3.19. The number of rotatable bonds is 8. The van der Waals surface area contributed by atoms with E-state index >= 15 is 0 Å². The third kappa shape index (κ3) is 7.27. The van der Waals surface area contributed by atoms with E-state index in [4.69, 9.17) is 0 Å². The van der Waals surface area contributed by atoms with Crippen LogP contribution in [0.1, 0.15) is 65.2 Å². The molecule has 0 bridgehead atoms. The summed E-state index contributed by atoms with van der Waals surface area (Å²) in [6, 6.07) is 0.283. The van der Waals surface area contributed by atoms with Gasteiger partial charge >= 0.3 is 0 Å². The molecule has 5 nitrogen and oxygen atoms in total. The molecule has 1 N–H and O–H groups in total. The molecule has 124 valence electrons. The zero-order valence-corrected chi connectivity index (χ0v) is 14.3. The highest BCUT2D eigenvalue weighted by Crippen LogP contribution is 2.21. The van der Waals surface area contributed by atoms with Gasteiger partial charge < -0.3 is 4.90 Å². The molecular weight excluding hydrogens is 288 g/mol. The van der Waals surface area contributed by atoms with Gasteiger partial charge in [0.25, 0.3) is 0 Å². The predicted molar refractivity (Wildman–Crippen MR) is 85.6 cm³/mol. The molecule has 0 saturated heterocycles. The summed E-state index contributed by atoms with van der Waals surface area (Å²) >= 11 is 0. The molecule has 0 aliphatic heterocycles. The van der Waals surface area contributed by atoms with E-state index < -0.39 is 10.0 Å². The number of hydrogen-bond donors (Lipinski definition) is 1. The second-order valence-electron chi connectivity index (χ2n) is 5.92. The van der Waals surface area contributed by atoms with Gasteiger partial charge in [0.2, 0.25) is 15.9 Å². The first-order valence-corrected chi connectivity index (χ1v) is 9.86. The van der Waals surface area contributed by atoms with E-state index in [-0.39, 0.29) is 17.7 Å². The van der Waals surface area contributed by atoms with E-state index in [1.807, 2.05) is 11.8 Å². The Morgan fingerprint density at radius 2 is 1.81 bits per heavy atom. The number of carbonyl (C=O) groups is 1. The van der Waals surface area contributed by atoms with Crippen molar-refractivity contribution in [3.8, 4) is 0 Å². The van der Waals surface area contributed by atoms with Crippen LogP contribution in [0.25, 0.3) is 0 Å². The number of carbonyl (C=O) groups excluding carboxylic acids is 1. The summed E-state index contributed by atoms with van der Waals surface area (Å²) in [5, 5.41) is 0. The van der Waals surface area contributed by atoms with Crippen LogP contribution >= 0.6 is 0 Å². The molecule has 0 radical (unpaired) electrons. The van der Waals surface area contributed by atoms with Gasteiger partial charge in [0.15, 0.2) is 0 Å². The maximum Gasteiger partial charge on any atom is 0.219 e. The number of hydrogen-bond acceptors (Lipinski definition) is 3. The van der Waals surface area contributed by atoms with Crippen LogP contribution in [0.4, 0.5) is 0 Å². The van der Waals surface area contributed by atoms with Crippen molar-refractivity contribution in [1.82, 2.24) is 9.62 Å². The minimum Gasteiger partial charge on any atom is -0.339 e. The monoisotopic (exact) mass is 318 g/mol. The molecule has 0 unspecified atom stereocenters.